The third-order valence-electron chi connectivity index (χ3n) is 2.62. The summed E-state index contributed by atoms with van der Waals surface area (Å²) in [5.41, 5.74) is 1.07. The fourth-order valence-electron chi connectivity index (χ4n) is 1.63. The summed E-state index contributed by atoms with van der Waals surface area (Å²) in [7, 11) is 0. The van der Waals surface area contributed by atoms with Gasteiger partial charge in [-0.15, -0.1) is 0 Å². The fourth-order valence-corrected chi connectivity index (χ4v) is 2.05. The zero-order chi connectivity index (χ0) is 15.9. The van der Waals surface area contributed by atoms with Gasteiger partial charge in [-0.3, -0.25) is 0 Å². The van der Waals surface area contributed by atoms with Crippen LogP contribution in [0.5, 0.6) is 5.75 Å². The average Bonchev–Trinajstić information content (AvgIpc) is 2.48. The zero-order valence-corrected chi connectivity index (χ0v) is 12.8. The molecule has 0 heterocycles. The van der Waals surface area contributed by atoms with E-state index < -0.39 is 6.61 Å². The van der Waals surface area contributed by atoms with Crippen LogP contribution in [0.4, 0.5) is 13.2 Å². The van der Waals surface area contributed by atoms with Gasteiger partial charge in [-0.25, -0.2) is 4.39 Å². The maximum atomic E-state index is 13.1. The van der Waals surface area contributed by atoms with Gasteiger partial charge in [0.2, 0.25) is 0 Å². The lowest BCUT2D eigenvalue weighted by Gasteiger charge is -2.06. The molecule has 116 valence electrons. The topological polar surface area (TPSA) is 30.8 Å². The molecule has 0 unspecified atom stereocenters. The lowest BCUT2D eigenvalue weighted by atomic mass is 10.2. The number of ether oxygens (including phenoxy) is 1. The van der Waals surface area contributed by atoms with Crippen LogP contribution in [-0.2, 0) is 11.4 Å². The monoisotopic (exact) mass is 373 g/mol. The lowest BCUT2D eigenvalue weighted by molar-refractivity contribution is -0.0499. The molecule has 0 saturated heterocycles. The highest BCUT2D eigenvalue weighted by Crippen LogP contribution is 2.19. The zero-order valence-electron chi connectivity index (χ0n) is 11.2. The van der Waals surface area contributed by atoms with Crippen LogP contribution in [0.2, 0.25) is 0 Å². The third kappa shape index (κ3) is 4.77. The largest absolute Gasteiger partial charge is 0.434 e. The summed E-state index contributed by atoms with van der Waals surface area (Å²) < 4.78 is 42.2. The molecule has 0 atom stereocenters. The van der Waals surface area contributed by atoms with Crippen molar-refractivity contribution in [2.45, 2.75) is 13.2 Å². The minimum atomic E-state index is -2.91. The maximum absolute atomic E-state index is 13.1. The standard InChI is InChI=1S/C15H11BrF3NO2/c16-12-7-10(5-6-13(12)17)9-21-20-8-11-3-1-2-4-14(11)22-15(18)19/h1-8,15H,9H2/b20-8+. The molecule has 0 N–H and O–H groups in total. The second-order valence-electron chi connectivity index (χ2n) is 4.17. The van der Waals surface area contributed by atoms with Crippen molar-refractivity contribution in [1.29, 1.82) is 0 Å². The van der Waals surface area contributed by atoms with Crippen LogP contribution in [0.3, 0.4) is 0 Å². The highest BCUT2D eigenvalue weighted by molar-refractivity contribution is 9.10. The highest BCUT2D eigenvalue weighted by Gasteiger charge is 2.07. The van der Waals surface area contributed by atoms with Crippen molar-refractivity contribution in [2.24, 2.45) is 5.16 Å². The Bertz CT molecular complexity index is 665. The molecule has 0 bridgehead atoms. The quantitative estimate of drug-likeness (QED) is 0.540. The molecule has 2 aromatic carbocycles. The van der Waals surface area contributed by atoms with Gasteiger partial charge in [-0.05, 0) is 45.8 Å². The van der Waals surface area contributed by atoms with Gasteiger partial charge in [-0.1, -0.05) is 23.4 Å². The van der Waals surface area contributed by atoms with Crippen LogP contribution in [0, 0.1) is 5.82 Å². The van der Waals surface area contributed by atoms with Gasteiger partial charge in [0, 0.05) is 5.56 Å². The number of hydrogen-bond donors (Lipinski definition) is 0. The summed E-state index contributed by atoms with van der Waals surface area (Å²) in [6.07, 6.45) is 1.27. The van der Waals surface area contributed by atoms with Gasteiger partial charge in [0.05, 0.1) is 10.7 Å². The summed E-state index contributed by atoms with van der Waals surface area (Å²) in [5.74, 6) is -0.361. The van der Waals surface area contributed by atoms with E-state index in [1.807, 2.05) is 0 Å². The van der Waals surface area contributed by atoms with Crippen molar-refractivity contribution in [3.8, 4) is 5.75 Å². The van der Waals surface area contributed by atoms with Crippen LogP contribution in [-0.4, -0.2) is 12.8 Å². The fraction of sp³-hybridized carbons (Fsp3) is 0.133. The van der Waals surface area contributed by atoms with E-state index in [0.29, 0.717) is 15.6 Å². The van der Waals surface area contributed by atoms with E-state index >= 15 is 0 Å². The smallest absolute Gasteiger partial charge is 0.387 e. The van der Waals surface area contributed by atoms with E-state index in [1.54, 1.807) is 30.3 Å². The maximum Gasteiger partial charge on any atom is 0.387 e. The third-order valence-corrected chi connectivity index (χ3v) is 3.22. The Hall–Kier alpha value is -2.02. The van der Waals surface area contributed by atoms with E-state index in [4.69, 9.17) is 4.84 Å². The molecule has 0 aliphatic rings. The van der Waals surface area contributed by atoms with Gasteiger partial charge in [0.15, 0.2) is 0 Å². The number of rotatable bonds is 6. The Balaban J connectivity index is 1.96. The Kier molecular flexibility index (Phi) is 5.83. The molecule has 0 spiro atoms. The molecule has 0 saturated carbocycles. The van der Waals surface area contributed by atoms with E-state index in [2.05, 4.69) is 25.8 Å². The molecule has 2 rings (SSSR count). The van der Waals surface area contributed by atoms with Gasteiger partial charge >= 0.3 is 6.61 Å². The number of para-hydroxylation sites is 1. The van der Waals surface area contributed by atoms with Crippen molar-refractivity contribution >= 4 is 22.1 Å². The van der Waals surface area contributed by atoms with Crippen LogP contribution in [0.25, 0.3) is 0 Å². The van der Waals surface area contributed by atoms with Crippen molar-refractivity contribution in [3.63, 3.8) is 0 Å². The molecule has 0 amide bonds. The first-order chi connectivity index (χ1) is 10.6. The highest BCUT2D eigenvalue weighted by atomic mass is 79.9. The molecular formula is C15H11BrF3NO2. The Morgan fingerprint density at radius 2 is 1.95 bits per heavy atom. The van der Waals surface area contributed by atoms with Gasteiger partial charge in [0.1, 0.15) is 18.2 Å². The molecule has 2 aromatic rings. The summed E-state index contributed by atoms with van der Waals surface area (Å²) in [6.45, 7) is -2.79. The predicted molar refractivity (Wildman–Crippen MR) is 79.6 cm³/mol. The van der Waals surface area contributed by atoms with Crippen molar-refractivity contribution < 1.29 is 22.7 Å². The number of oxime groups is 1. The number of alkyl halides is 2. The number of benzene rings is 2. The first kappa shape index (κ1) is 16.4. The molecule has 0 aliphatic carbocycles. The van der Waals surface area contributed by atoms with Crippen molar-refractivity contribution in [1.82, 2.24) is 0 Å². The molecule has 7 heteroatoms. The van der Waals surface area contributed by atoms with E-state index in [0.717, 1.165) is 0 Å². The number of hydrogen-bond acceptors (Lipinski definition) is 3. The van der Waals surface area contributed by atoms with Crippen molar-refractivity contribution in [2.75, 3.05) is 0 Å². The summed E-state index contributed by atoms with van der Waals surface area (Å²) in [6, 6.07) is 10.6. The van der Waals surface area contributed by atoms with Crippen LogP contribution in [0.1, 0.15) is 11.1 Å². The molecule has 3 nitrogen and oxygen atoms in total. The Labute approximate surface area is 133 Å². The summed E-state index contributed by atoms with van der Waals surface area (Å²) >= 11 is 3.07. The summed E-state index contributed by atoms with van der Waals surface area (Å²) in [4.78, 5) is 5.06. The normalized spacial score (nSPS) is 11.1. The van der Waals surface area contributed by atoms with E-state index in [-0.39, 0.29) is 18.2 Å². The predicted octanol–water partition coefficient (Wildman–Crippen LogP) is 4.74. The molecule has 0 aliphatic heterocycles. The Morgan fingerprint density at radius 1 is 1.18 bits per heavy atom. The van der Waals surface area contributed by atoms with Gasteiger partial charge < -0.3 is 9.57 Å². The molecular weight excluding hydrogens is 363 g/mol. The minimum Gasteiger partial charge on any atom is -0.434 e. The first-order valence-corrected chi connectivity index (χ1v) is 6.98. The lowest BCUT2D eigenvalue weighted by Crippen LogP contribution is -2.04. The summed E-state index contributed by atoms with van der Waals surface area (Å²) in [5, 5.41) is 3.70. The molecule has 22 heavy (non-hydrogen) atoms. The van der Waals surface area contributed by atoms with Gasteiger partial charge in [-0.2, -0.15) is 8.78 Å². The number of nitrogens with zero attached hydrogens (tertiary/aromatic N) is 1. The second-order valence-corrected chi connectivity index (χ2v) is 5.03. The molecule has 0 aromatic heterocycles. The SMILES string of the molecule is Fc1ccc(CO/N=C/c2ccccc2OC(F)F)cc1Br. The van der Waals surface area contributed by atoms with Gasteiger partial charge in [0.25, 0.3) is 0 Å². The van der Waals surface area contributed by atoms with E-state index in [9.17, 15) is 13.2 Å². The minimum absolute atomic E-state index is 0.00868. The Morgan fingerprint density at radius 3 is 2.68 bits per heavy atom. The van der Waals surface area contributed by atoms with Crippen LogP contribution < -0.4 is 4.74 Å². The second kappa shape index (κ2) is 7.84. The molecule has 0 radical (unpaired) electrons. The van der Waals surface area contributed by atoms with E-state index in [1.165, 1.54) is 18.3 Å². The number of halogens is 4. The van der Waals surface area contributed by atoms with Crippen molar-refractivity contribution in [3.05, 3.63) is 63.9 Å². The molecule has 0 fully saturated rings. The first-order valence-electron chi connectivity index (χ1n) is 6.19. The van der Waals surface area contributed by atoms with Crippen LogP contribution >= 0.6 is 15.9 Å². The van der Waals surface area contributed by atoms with Crippen LogP contribution in [0.15, 0.2) is 52.1 Å². The average molecular weight is 374 g/mol.